The maximum absolute atomic E-state index is 12.2. The van der Waals surface area contributed by atoms with Crippen LogP contribution in [0.1, 0.15) is 28.8 Å². The molecule has 1 aliphatic rings. The molecule has 0 saturated carbocycles. The number of hydrogen-bond acceptors (Lipinski definition) is 4. The van der Waals surface area contributed by atoms with Gasteiger partial charge in [-0.25, -0.2) is 10.4 Å². The standard InChI is InChI=1S/C16H12Cl2N4O2/c17-12-7-14(18)19-8-11(12)16(24)20-10-3-1-9(2-4-10)13-5-6-15(23)22-21-13/h1-4,7-8H,5-6H2,(H,20,24)(H,22,23). The number of aromatic nitrogens is 1. The van der Waals surface area contributed by atoms with E-state index in [9.17, 15) is 9.59 Å². The average Bonchev–Trinajstić information content (AvgIpc) is 2.56. The molecule has 1 aromatic carbocycles. The number of anilines is 1. The quantitative estimate of drug-likeness (QED) is 0.821. The second-order valence-electron chi connectivity index (χ2n) is 5.11. The van der Waals surface area contributed by atoms with E-state index < -0.39 is 0 Å². The van der Waals surface area contributed by atoms with E-state index >= 15 is 0 Å². The van der Waals surface area contributed by atoms with E-state index in [1.54, 1.807) is 12.1 Å². The predicted octanol–water partition coefficient (Wildman–Crippen LogP) is 3.25. The summed E-state index contributed by atoms with van der Waals surface area (Å²) in [6.07, 6.45) is 2.33. The molecule has 2 heterocycles. The first-order valence-electron chi connectivity index (χ1n) is 7.11. The fraction of sp³-hybridized carbons (Fsp3) is 0.125. The summed E-state index contributed by atoms with van der Waals surface area (Å²) >= 11 is 11.7. The van der Waals surface area contributed by atoms with Gasteiger partial charge in [0.1, 0.15) is 5.15 Å². The first kappa shape index (κ1) is 16.4. The largest absolute Gasteiger partial charge is 0.322 e. The third kappa shape index (κ3) is 3.72. The summed E-state index contributed by atoms with van der Waals surface area (Å²) in [4.78, 5) is 27.2. The highest BCUT2D eigenvalue weighted by molar-refractivity contribution is 6.36. The van der Waals surface area contributed by atoms with E-state index in [0.29, 0.717) is 18.5 Å². The highest BCUT2D eigenvalue weighted by Crippen LogP contribution is 2.20. The van der Waals surface area contributed by atoms with E-state index in [0.717, 1.165) is 11.3 Å². The van der Waals surface area contributed by atoms with Crippen LogP contribution in [0.3, 0.4) is 0 Å². The average molecular weight is 363 g/mol. The molecule has 0 spiro atoms. The Morgan fingerprint density at radius 3 is 2.54 bits per heavy atom. The Kier molecular flexibility index (Phi) is 4.78. The lowest BCUT2D eigenvalue weighted by Crippen LogP contribution is -2.25. The molecule has 3 rings (SSSR count). The number of halogens is 2. The number of pyridine rings is 1. The zero-order chi connectivity index (χ0) is 17.1. The van der Waals surface area contributed by atoms with Crippen LogP contribution in [-0.4, -0.2) is 22.5 Å². The molecule has 2 aromatic rings. The number of amides is 2. The van der Waals surface area contributed by atoms with Crippen LogP contribution in [0.15, 0.2) is 41.6 Å². The molecule has 122 valence electrons. The zero-order valence-electron chi connectivity index (χ0n) is 12.3. The molecule has 2 amide bonds. The lowest BCUT2D eigenvalue weighted by atomic mass is 10.0. The Labute approximate surface area is 147 Å². The molecule has 1 aromatic heterocycles. The molecule has 24 heavy (non-hydrogen) atoms. The van der Waals surface area contributed by atoms with Gasteiger partial charge >= 0.3 is 0 Å². The number of carbonyl (C=O) groups is 2. The maximum Gasteiger partial charge on any atom is 0.258 e. The molecule has 0 atom stereocenters. The summed E-state index contributed by atoms with van der Waals surface area (Å²) in [6.45, 7) is 0. The summed E-state index contributed by atoms with van der Waals surface area (Å²) in [6, 6.07) is 8.57. The number of nitrogens with zero attached hydrogens (tertiary/aromatic N) is 2. The van der Waals surface area contributed by atoms with Crippen molar-refractivity contribution in [2.75, 3.05) is 5.32 Å². The molecule has 0 bridgehead atoms. The van der Waals surface area contributed by atoms with Crippen molar-refractivity contribution in [3.63, 3.8) is 0 Å². The van der Waals surface area contributed by atoms with Crippen LogP contribution in [0, 0.1) is 0 Å². The summed E-state index contributed by atoms with van der Waals surface area (Å²) < 4.78 is 0. The number of hydrazone groups is 1. The Morgan fingerprint density at radius 2 is 1.92 bits per heavy atom. The molecular formula is C16H12Cl2N4O2. The zero-order valence-corrected chi connectivity index (χ0v) is 13.9. The summed E-state index contributed by atoms with van der Waals surface area (Å²) in [5.41, 5.74) is 4.99. The van der Waals surface area contributed by atoms with E-state index in [1.807, 2.05) is 12.1 Å². The normalized spacial score (nSPS) is 13.9. The topological polar surface area (TPSA) is 83.5 Å². The van der Waals surface area contributed by atoms with E-state index in [2.05, 4.69) is 20.8 Å². The van der Waals surface area contributed by atoms with Crippen molar-refractivity contribution in [2.24, 2.45) is 5.10 Å². The second-order valence-corrected chi connectivity index (χ2v) is 5.91. The SMILES string of the molecule is O=C1CCC(c2ccc(NC(=O)c3cnc(Cl)cc3Cl)cc2)=NN1. The van der Waals surface area contributed by atoms with Crippen LogP contribution >= 0.6 is 23.2 Å². The first-order valence-corrected chi connectivity index (χ1v) is 7.87. The molecule has 0 saturated heterocycles. The van der Waals surface area contributed by atoms with Crippen molar-refractivity contribution >= 4 is 46.4 Å². The van der Waals surface area contributed by atoms with Gasteiger partial charge in [-0.1, -0.05) is 35.3 Å². The molecule has 0 radical (unpaired) electrons. The second kappa shape index (κ2) is 6.98. The van der Waals surface area contributed by atoms with E-state index in [-0.39, 0.29) is 27.6 Å². The summed E-state index contributed by atoms with van der Waals surface area (Å²) in [5.74, 6) is -0.463. The number of hydrogen-bond donors (Lipinski definition) is 2. The van der Waals surface area contributed by atoms with Gasteiger partial charge in [0, 0.05) is 24.7 Å². The van der Waals surface area contributed by atoms with Gasteiger partial charge in [-0.05, 0) is 23.8 Å². The van der Waals surface area contributed by atoms with Crippen molar-refractivity contribution < 1.29 is 9.59 Å². The van der Waals surface area contributed by atoms with Crippen LogP contribution in [-0.2, 0) is 4.79 Å². The van der Waals surface area contributed by atoms with Gasteiger partial charge in [0.05, 0.1) is 16.3 Å². The fourth-order valence-electron chi connectivity index (χ4n) is 2.20. The van der Waals surface area contributed by atoms with Gasteiger partial charge in [-0.3, -0.25) is 9.59 Å². The minimum atomic E-state index is -0.376. The predicted molar refractivity (Wildman–Crippen MR) is 92.6 cm³/mol. The van der Waals surface area contributed by atoms with Gasteiger partial charge in [-0.2, -0.15) is 5.10 Å². The van der Waals surface area contributed by atoms with E-state index in [1.165, 1.54) is 12.3 Å². The highest BCUT2D eigenvalue weighted by atomic mass is 35.5. The smallest absolute Gasteiger partial charge is 0.258 e. The molecule has 2 N–H and O–H groups in total. The van der Waals surface area contributed by atoms with Crippen molar-refractivity contribution in [2.45, 2.75) is 12.8 Å². The van der Waals surface area contributed by atoms with Crippen LogP contribution < -0.4 is 10.7 Å². The summed E-state index contributed by atoms with van der Waals surface area (Å²) in [5, 5.41) is 7.23. The van der Waals surface area contributed by atoms with E-state index in [4.69, 9.17) is 23.2 Å². The van der Waals surface area contributed by atoms with Crippen LogP contribution in [0.25, 0.3) is 0 Å². The van der Waals surface area contributed by atoms with Crippen LogP contribution in [0.2, 0.25) is 10.2 Å². The van der Waals surface area contributed by atoms with Crippen molar-refractivity contribution in [3.05, 3.63) is 57.8 Å². The Bertz CT molecular complexity index is 834. The van der Waals surface area contributed by atoms with Gasteiger partial charge < -0.3 is 5.32 Å². The van der Waals surface area contributed by atoms with Gasteiger partial charge in [0.25, 0.3) is 5.91 Å². The summed E-state index contributed by atoms with van der Waals surface area (Å²) in [7, 11) is 0. The minimum Gasteiger partial charge on any atom is -0.322 e. The van der Waals surface area contributed by atoms with Crippen LogP contribution in [0.4, 0.5) is 5.69 Å². The van der Waals surface area contributed by atoms with Crippen LogP contribution in [0.5, 0.6) is 0 Å². The maximum atomic E-state index is 12.2. The fourth-order valence-corrected chi connectivity index (χ4v) is 2.65. The molecule has 6 nitrogen and oxygen atoms in total. The number of nitrogens with one attached hydrogen (secondary N) is 2. The van der Waals surface area contributed by atoms with Gasteiger partial charge in [0.15, 0.2) is 0 Å². The highest BCUT2D eigenvalue weighted by Gasteiger charge is 2.14. The molecule has 0 unspecified atom stereocenters. The number of rotatable bonds is 3. The van der Waals surface area contributed by atoms with Crippen molar-refractivity contribution in [3.8, 4) is 0 Å². The monoisotopic (exact) mass is 362 g/mol. The number of carbonyl (C=O) groups excluding carboxylic acids is 2. The van der Waals surface area contributed by atoms with Crippen molar-refractivity contribution in [1.29, 1.82) is 0 Å². The van der Waals surface area contributed by atoms with Gasteiger partial charge in [0.2, 0.25) is 5.91 Å². The first-order chi connectivity index (χ1) is 11.5. The number of benzene rings is 1. The Morgan fingerprint density at radius 1 is 1.17 bits per heavy atom. The lowest BCUT2D eigenvalue weighted by molar-refractivity contribution is -0.121. The molecule has 1 aliphatic heterocycles. The Hall–Kier alpha value is -2.44. The van der Waals surface area contributed by atoms with Crippen molar-refractivity contribution in [1.82, 2.24) is 10.4 Å². The minimum absolute atomic E-state index is 0.0870. The molecule has 0 fully saturated rings. The third-order valence-corrected chi connectivity index (χ3v) is 3.96. The third-order valence-electron chi connectivity index (χ3n) is 3.45. The Balaban J connectivity index is 1.72. The lowest BCUT2D eigenvalue weighted by Gasteiger charge is -2.12. The molecule has 8 heteroatoms. The molecular weight excluding hydrogens is 351 g/mol. The van der Waals surface area contributed by atoms with Gasteiger partial charge in [-0.15, -0.1) is 0 Å². The molecule has 0 aliphatic carbocycles.